The van der Waals surface area contributed by atoms with E-state index in [2.05, 4.69) is 5.16 Å². The Hall–Kier alpha value is -2.63. The lowest BCUT2D eigenvalue weighted by molar-refractivity contribution is -0.124. The number of carbonyl (C=O) groups excluding carboxylic acids is 2. The Morgan fingerprint density at radius 1 is 1.38 bits per heavy atom. The van der Waals surface area contributed by atoms with Gasteiger partial charge in [0, 0.05) is 31.3 Å². The predicted octanol–water partition coefficient (Wildman–Crippen LogP) is 2.70. The second-order valence-corrected chi connectivity index (χ2v) is 6.12. The lowest BCUT2D eigenvalue weighted by Crippen LogP contribution is -2.37. The predicted molar refractivity (Wildman–Crippen MR) is 90.9 cm³/mol. The van der Waals surface area contributed by atoms with Crippen LogP contribution in [0.3, 0.4) is 0 Å². The quantitative estimate of drug-likeness (QED) is 0.866. The minimum atomic E-state index is -0.366. The van der Waals surface area contributed by atoms with Crippen LogP contribution in [0.4, 0.5) is 11.5 Å². The van der Waals surface area contributed by atoms with Gasteiger partial charge in [-0.2, -0.15) is 0 Å². The van der Waals surface area contributed by atoms with Crippen LogP contribution in [-0.2, 0) is 9.59 Å². The summed E-state index contributed by atoms with van der Waals surface area (Å²) in [4.78, 5) is 28.5. The highest BCUT2D eigenvalue weighted by molar-refractivity contribution is 6.04. The minimum absolute atomic E-state index is 0.0285. The second-order valence-electron chi connectivity index (χ2n) is 6.12. The molecule has 2 heterocycles. The standard InChI is InChI=1S/C18H21N3O3/c1-4-20(15-7-5-6-12(2)8-15)18(23)14-10-17(22)21(11-14)16-9-13(3)24-19-16/h5-9,14H,4,10-11H2,1-3H3. The average molecular weight is 327 g/mol. The maximum Gasteiger partial charge on any atom is 0.232 e. The zero-order valence-corrected chi connectivity index (χ0v) is 14.2. The van der Waals surface area contributed by atoms with Gasteiger partial charge in [-0.05, 0) is 38.5 Å². The fourth-order valence-electron chi connectivity index (χ4n) is 3.06. The molecule has 0 spiro atoms. The number of aromatic nitrogens is 1. The van der Waals surface area contributed by atoms with E-state index in [1.54, 1.807) is 17.9 Å². The first-order valence-electron chi connectivity index (χ1n) is 8.11. The first-order valence-corrected chi connectivity index (χ1v) is 8.11. The van der Waals surface area contributed by atoms with Crippen molar-refractivity contribution in [3.8, 4) is 0 Å². The molecule has 1 unspecified atom stereocenters. The molecule has 2 amide bonds. The van der Waals surface area contributed by atoms with Crippen LogP contribution in [-0.4, -0.2) is 30.1 Å². The molecular weight excluding hydrogens is 306 g/mol. The summed E-state index contributed by atoms with van der Waals surface area (Å²) in [7, 11) is 0. The van der Waals surface area contributed by atoms with Crippen LogP contribution in [0.1, 0.15) is 24.7 Å². The first kappa shape index (κ1) is 16.2. The maximum atomic E-state index is 12.9. The Balaban J connectivity index is 1.78. The van der Waals surface area contributed by atoms with Gasteiger partial charge in [-0.3, -0.25) is 14.5 Å². The molecule has 1 aromatic heterocycles. The summed E-state index contributed by atoms with van der Waals surface area (Å²) in [5.41, 5.74) is 1.96. The third-order valence-electron chi connectivity index (χ3n) is 4.26. The molecule has 1 aromatic carbocycles. The number of hydrogen-bond acceptors (Lipinski definition) is 4. The Morgan fingerprint density at radius 3 is 2.79 bits per heavy atom. The number of aryl methyl sites for hydroxylation is 2. The highest BCUT2D eigenvalue weighted by atomic mass is 16.5. The lowest BCUT2D eigenvalue weighted by Gasteiger charge is -2.24. The van der Waals surface area contributed by atoms with Gasteiger partial charge in [0.1, 0.15) is 5.76 Å². The smallest absolute Gasteiger partial charge is 0.232 e. The molecule has 126 valence electrons. The maximum absolute atomic E-state index is 12.9. The summed E-state index contributed by atoms with van der Waals surface area (Å²) in [5.74, 6) is 0.630. The molecule has 1 saturated heterocycles. The molecule has 6 heteroatoms. The van der Waals surface area contributed by atoms with Gasteiger partial charge in [0.05, 0.1) is 5.92 Å². The van der Waals surface area contributed by atoms with Gasteiger partial charge in [0.2, 0.25) is 11.8 Å². The summed E-state index contributed by atoms with van der Waals surface area (Å²) in [6, 6.07) is 9.55. The van der Waals surface area contributed by atoms with E-state index >= 15 is 0 Å². The molecule has 0 N–H and O–H groups in total. The van der Waals surface area contributed by atoms with E-state index in [4.69, 9.17) is 4.52 Å². The van der Waals surface area contributed by atoms with Crippen LogP contribution in [0.5, 0.6) is 0 Å². The number of anilines is 2. The van der Waals surface area contributed by atoms with Crippen LogP contribution >= 0.6 is 0 Å². The number of amides is 2. The summed E-state index contributed by atoms with van der Waals surface area (Å²) in [6.45, 7) is 6.61. The van der Waals surface area contributed by atoms with Crippen LogP contribution in [0.2, 0.25) is 0 Å². The van der Waals surface area contributed by atoms with E-state index in [1.807, 2.05) is 38.1 Å². The second kappa shape index (κ2) is 6.47. The van der Waals surface area contributed by atoms with E-state index in [0.29, 0.717) is 24.7 Å². The molecule has 24 heavy (non-hydrogen) atoms. The van der Waals surface area contributed by atoms with Crippen molar-refractivity contribution in [3.05, 3.63) is 41.7 Å². The van der Waals surface area contributed by atoms with Gasteiger partial charge in [-0.1, -0.05) is 17.3 Å². The largest absolute Gasteiger partial charge is 0.360 e. The molecule has 0 bridgehead atoms. The molecule has 1 atom stereocenters. The van der Waals surface area contributed by atoms with Gasteiger partial charge in [0.15, 0.2) is 5.82 Å². The highest BCUT2D eigenvalue weighted by Gasteiger charge is 2.38. The molecule has 1 aliphatic heterocycles. The molecular formula is C18H21N3O3. The van der Waals surface area contributed by atoms with Gasteiger partial charge < -0.3 is 9.42 Å². The molecule has 3 rings (SSSR count). The average Bonchev–Trinajstić information content (AvgIpc) is 3.14. The van der Waals surface area contributed by atoms with Crippen molar-refractivity contribution < 1.29 is 14.1 Å². The third kappa shape index (κ3) is 3.04. The Kier molecular flexibility index (Phi) is 4.38. The fourth-order valence-corrected chi connectivity index (χ4v) is 3.06. The molecule has 0 saturated carbocycles. The number of hydrogen-bond donors (Lipinski definition) is 0. The summed E-state index contributed by atoms with van der Waals surface area (Å²) < 4.78 is 5.03. The first-order chi connectivity index (χ1) is 11.5. The van der Waals surface area contributed by atoms with E-state index in [-0.39, 0.29) is 24.2 Å². The fraction of sp³-hybridized carbons (Fsp3) is 0.389. The topological polar surface area (TPSA) is 66.7 Å². The number of rotatable bonds is 4. The summed E-state index contributed by atoms with van der Waals surface area (Å²) in [5, 5.41) is 3.88. The summed E-state index contributed by atoms with van der Waals surface area (Å²) in [6.07, 6.45) is 0.201. The zero-order valence-electron chi connectivity index (χ0n) is 14.2. The highest BCUT2D eigenvalue weighted by Crippen LogP contribution is 2.27. The van der Waals surface area contributed by atoms with Crippen LogP contribution < -0.4 is 9.80 Å². The normalized spacial score (nSPS) is 17.4. The van der Waals surface area contributed by atoms with Gasteiger partial charge in [-0.25, -0.2) is 0 Å². The van der Waals surface area contributed by atoms with E-state index in [0.717, 1.165) is 11.3 Å². The van der Waals surface area contributed by atoms with Crippen LogP contribution in [0.15, 0.2) is 34.9 Å². The van der Waals surface area contributed by atoms with Crippen molar-refractivity contribution >= 4 is 23.3 Å². The van der Waals surface area contributed by atoms with E-state index < -0.39 is 0 Å². The molecule has 6 nitrogen and oxygen atoms in total. The monoisotopic (exact) mass is 327 g/mol. The van der Waals surface area contributed by atoms with Crippen molar-refractivity contribution in [3.63, 3.8) is 0 Å². The van der Waals surface area contributed by atoms with Crippen molar-refractivity contribution in [2.45, 2.75) is 27.2 Å². The van der Waals surface area contributed by atoms with E-state index in [1.165, 1.54) is 4.90 Å². The minimum Gasteiger partial charge on any atom is -0.360 e. The number of carbonyl (C=O) groups is 2. The summed E-state index contributed by atoms with van der Waals surface area (Å²) >= 11 is 0. The molecule has 0 radical (unpaired) electrons. The van der Waals surface area contributed by atoms with E-state index in [9.17, 15) is 9.59 Å². The van der Waals surface area contributed by atoms with Crippen molar-refractivity contribution in [2.75, 3.05) is 22.9 Å². The van der Waals surface area contributed by atoms with Crippen molar-refractivity contribution in [1.82, 2.24) is 5.16 Å². The molecule has 2 aromatic rings. The molecule has 1 aliphatic rings. The SMILES string of the molecule is CCN(C(=O)C1CC(=O)N(c2cc(C)on2)C1)c1cccc(C)c1. The number of nitrogens with zero attached hydrogens (tertiary/aromatic N) is 3. The zero-order chi connectivity index (χ0) is 17.3. The number of benzene rings is 1. The van der Waals surface area contributed by atoms with Gasteiger partial charge in [0.25, 0.3) is 0 Å². The Morgan fingerprint density at radius 2 is 2.17 bits per heavy atom. The van der Waals surface area contributed by atoms with Crippen LogP contribution in [0, 0.1) is 19.8 Å². The Bertz CT molecular complexity index is 768. The lowest BCUT2D eigenvalue weighted by atomic mass is 10.1. The van der Waals surface area contributed by atoms with Crippen molar-refractivity contribution in [2.24, 2.45) is 5.92 Å². The van der Waals surface area contributed by atoms with Gasteiger partial charge >= 0.3 is 0 Å². The molecule has 1 fully saturated rings. The van der Waals surface area contributed by atoms with Crippen LogP contribution in [0.25, 0.3) is 0 Å². The van der Waals surface area contributed by atoms with Crippen molar-refractivity contribution in [1.29, 1.82) is 0 Å². The van der Waals surface area contributed by atoms with Gasteiger partial charge in [-0.15, -0.1) is 0 Å². The molecule has 0 aliphatic carbocycles. The Labute approximate surface area is 141 Å². The third-order valence-corrected chi connectivity index (χ3v) is 4.26.